The van der Waals surface area contributed by atoms with Gasteiger partial charge in [0.25, 0.3) is 0 Å². The Balaban J connectivity index is 1.80. The minimum atomic E-state index is 0.318. The zero-order chi connectivity index (χ0) is 14.9. The van der Waals surface area contributed by atoms with Gasteiger partial charge in [-0.2, -0.15) is 0 Å². The van der Waals surface area contributed by atoms with Crippen molar-refractivity contribution in [2.24, 2.45) is 11.8 Å². The zero-order valence-corrected chi connectivity index (χ0v) is 14.0. The lowest BCUT2D eigenvalue weighted by Crippen LogP contribution is -2.20. The topological polar surface area (TPSA) is 17.1 Å². The van der Waals surface area contributed by atoms with E-state index in [0.717, 1.165) is 12.8 Å². The number of ketones is 1. The van der Waals surface area contributed by atoms with Gasteiger partial charge >= 0.3 is 0 Å². The van der Waals surface area contributed by atoms with Crippen molar-refractivity contribution in [3.63, 3.8) is 0 Å². The third-order valence-electron chi connectivity index (χ3n) is 5.48. The van der Waals surface area contributed by atoms with Gasteiger partial charge in [0.2, 0.25) is 0 Å². The molecule has 2 aliphatic rings. The van der Waals surface area contributed by atoms with Gasteiger partial charge in [0.15, 0.2) is 0 Å². The lowest BCUT2D eigenvalue weighted by Gasteiger charge is -2.19. The van der Waals surface area contributed by atoms with E-state index < -0.39 is 0 Å². The van der Waals surface area contributed by atoms with E-state index in [0.29, 0.717) is 17.6 Å². The number of unbranched alkanes of at least 4 members (excludes halogenated alkanes) is 5. The summed E-state index contributed by atoms with van der Waals surface area (Å²) in [6, 6.07) is 0. The van der Waals surface area contributed by atoms with Crippen molar-refractivity contribution in [3.05, 3.63) is 11.6 Å². The van der Waals surface area contributed by atoms with Gasteiger partial charge in [0.1, 0.15) is 5.78 Å². The van der Waals surface area contributed by atoms with Crippen LogP contribution in [0.15, 0.2) is 11.6 Å². The van der Waals surface area contributed by atoms with Crippen molar-refractivity contribution < 1.29 is 4.79 Å². The Morgan fingerprint density at radius 3 is 2.67 bits per heavy atom. The zero-order valence-electron chi connectivity index (χ0n) is 14.0. The normalized spacial score (nSPS) is 29.2. The molecule has 0 aromatic carbocycles. The first-order valence-electron chi connectivity index (χ1n) is 9.54. The highest BCUT2D eigenvalue weighted by Gasteiger charge is 2.35. The molecule has 0 saturated heterocycles. The number of fused-ring (bicyclic) bond motifs is 1. The molecule has 0 amide bonds. The second-order valence-corrected chi connectivity index (χ2v) is 7.18. The van der Waals surface area contributed by atoms with Crippen molar-refractivity contribution in [2.75, 3.05) is 0 Å². The fourth-order valence-corrected chi connectivity index (χ4v) is 4.24. The quantitative estimate of drug-likeness (QED) is 0.401. The summed E-state index contributed by atoms with van der Waals surface area (Å²) >= 11 is 0. The SMILES string of the molecule is CCCCCCCC[C@H]1CC/C2=C/CCCCCC(=O)[C@@H]21. The van der Waals surface area contributed by atoms with Gasteiger partial charge in [0, 0.05) is 12.3 Å². The van der Waals surface area contributed by atoms with Crippen LogP contribution in [-0.2, 0) is 4.79 Å². The average Bonchev–Trinajstić information content (AvgIpc) is 2.91. The molecular weight excluding hydrogens is 256 g/mol. The Labute approximate surface area is 131 Å². The predicted molar refractivity (Wildman–Crippen MR) is 90.4 cm³/mol. The van der Waals surface area contributed by atoms with Crippen molar-refractivity contribution in [1.29, 1.82) is 0 Å². The number of carbonyl (C=O) groups excluding carboxylic acids is 1. The van der Waals surface area contributed by atoms with Crippen LogP contribution in [-0.4, -0.2) is 5.78 Å². The summed E-state index contributed by atoms with van der Waals surface area (Å²) in [5.74, 6) is 1.56. The first-order valence-corrected chi connectivity index (χ1v) is 9.54. The summed E-state index contributed by atoms with van der Waals surface area (Å²) in [5.41, 5.74) is 1.51. The molecule has 0 unspecified atom stereocenters. The van der Waals surface area contributed by atoms with Crippen LogP contribution in [0.3, 0.4) is 0 Å². The molecule has 0 heterocycles. The smallest absolute Gasteiger partial charge is 0.140 e. The van der Waals surface area contributed by atoms with Crippen molar-refractivity contribution in [1.82, 2.24) is 0 Å². The van der Waals surface area contributed by atoms with Gasteiger partial charge in [-0.25, -0.2) is 0 Å². The second kappa shape index (κ2) is 9.43. The van der Waals surface area contributed by atoms with Crippen LogP contribution >= 0.6 is 0 Å². The third kappa shape index (κ3) is 5.27. The molecule has 0 aromatic rings. The lowest BCUT2D eigenvalue weighted by molar-refractivity contribution is -0.122. The largest absolute Gasteiger partial charge is 0.299 e. The summed E-state index contributed by atoms with van der Waals surface area (Å²) in [6.45, 7) is 2.27. The van der Waals surface area contributed by atoms with Gasteiger partial charge in [0.05, 0.1) is 0 Å². The molecule has 1 fully saturated rings. The first-order chi connectivity index (χ1) is 10.3. The Morgan fingerprint density at radius 1 is 1.00 bits per heavy atom. The molecular formula is C20H34O. The van der Waals surface area contributed by atoms with Crippen molar-refractivity contribution >= 4 is 5.78 Å². The van der Waals surface area contributed by atoms with E-state index >= 15 is 0 Å². The maximum atomic E-state index is 12.5. The van der Waals surface area contributed by atoms with E-state index in [1.54, 1.807) is 0 Å². The van der Waals surface area contributed by atoms with Gasteiger partial charge in [-0.1, -0.05) is 63.5 Å². The molecule has 2 rings (SSSR count). The number of rotatable bonds is 7. The van der Waals surface area contributed by atoms with E-state index in [1.807, 2.05) is 0 Å². The minimum Gasteiger partial charge on any atom is -0.299 e. The van der Waals surface area contributed by atoms with Crippen molar-refractivity contribution in [2.45, 2.75) is 96.8 Å². The summed E-state index contributed by atoms with van der Waals surface area (Å²) < 4.78 is 0. The highest BCUT2D eigenvalue weighted by atomic mass is 16.1. The lowest BCUT2D eigenvalue weighted by atomic mass is 9.84. The third-order valence-corrected chi connectivity index (χ3v) is 5.48. The van der Waals surface area contributed by atoms with Crippen LogP contribution in [0.5, 0.6) is 0 Å². The van der Waals surface area contributed by atoms with E-state index in [2.05, 4.69) is 13.0 Å². The fourth-order valence-electron chi connectivity index (χ4n) is 4.24. The maximum absolute atomic E-state index is 12.5. The number of allylic oxidation sites excluding steroid dienone is 2. The molecule has 0 spiro atoms. The standard InChI is InChI=1S/C20H34O/c1-2-3-4-5-6-9-12-17-15-16-18-13-10-7-8-11-14-19(21)20(17)18/h13,17,20H,2-12,14-16H2,1H3/b18-13-/t17-,20+/m0/s1. The van der Waals surface area contributed by atoms with Crippen LogP contribution in [0.25, 0.3) is 0 Å². The molecule has 1 heteroatoms. The van der Waals surface area contributed by atoms with Gasteiger partial charge < -0.3 is 0 Å². The molecule has 120 valence electrons. The van der Waals surface area contributed by atoms with Gasteiger partial charge in [-0.3, -0.25) is 4.79 Å². The van der Waals surface area contributed by atoms with E-state index in [4.69, 9.17) is 0 Å². The van der Waals surface area contributed by atoms with Crippen LogP contribution in [0.4, 0.5) is 0 Å². The van der Waals surface area contributed by atoms with Crippen LogP contribution in [0.1, 0.15) is 96.8 Å². The fraction of sp³-hybridized carbons (Fsp3) is 0.850. The second-order valence-electron chi connectivity index (χ2n) is 7.18. The minimum absolute atomic E-state index is 0.318. The molecule has 2 aliphatic carbocycles. The molecule has 0 aromatic heterocycles. The van der Waals surface area contributed by atoms with Gasteiger partial charge in [-0.15, -0.1) is 0 Å². The Kier molecular flexibility index (Phi) is 7.53. The highest BCUT2D eigenvalue weighted by molar-refractivity contribution is 5.84. The molecule has 21 heavy (non-hydrogen) atoms. The van der Waals surface area contributed by atoms with Gasteiger partial charge in [-0.05, 0) is 44.4 Å². The average molecular weight is 290 g/mol. The Hall–Kier alpha value is -0.590. The molecule has 0 bridgehead atoms. The molecule has 2 atom stereocenters. The maximum Gasteiger partial charge on any atom is 0.140 e. The van der Waals surface area contributed by atoms with Crippen LogP contribution < -0.4 is 0 Å². The number of carbonyl (C=O) groups is 1. The Bertz CT molecular complexity index is 342. The van der Waals surface area contributed by atoms with E-state index in [-0.39, 0.29) is 0 Å². The molecule has 0 aliphatic heterocycles. The number of Topliss-reactive ketones (excluding diaryl/α,β-unsaturated/α-hetero) is 1. The molecule has 1 nitrogen and oxygen atoms in total. The van der Waals surface area contributed by atoms with E-state index in [1.165, 1.54) is 82.6 Å². The van der Waals surface area contributed by atoms with Crippen LogP contribution in [0, 0.1) is 11.8 Å². The number of hydrogen-bond acceptors (Lipinski definition) is 1. The van der Waals surface area contributed by atoms with E-state index in [9.17, 15) is 4.79 Å². The highest BCUT2D eigenvalue weighted by Crippen LogP contribution is 2.41. The van der Waals surface area contributed by atoms with Crippen molar-refractivity contribution in [3.8, 4) is 0 Å². The summed E-state index contributed by atoms with van der Waals surface area (Å²) in [7, 11) is 0. The van der Waals surface area contributed by atoms with Crippen LogP contribution in [0.2, 0.25) is 0 Å². The Morgan fingerprint density at radius 2 is 1.81 bits per heavy atom. The number of hydrogen-bond donors (Lipinski definition) is 0. The predicted octanol–water partition coefficient (Wildman–Crippen LogP) is 6.22. The monoisotopic (exact) mass is 290 g/mol. The summed E-state index contributed by atoms with van der Waals surface area (Å²) in [6.07, 6.45) is 20.1. The molecule has 0 radical (unpaired) electrons. The molecule has 0 N–H and O–H groups in total. The first kappa shape index (κ1) is 16.8. The summed E-state index contributed by atoms with van der Waals surface area (Å²) in [5, 5.41) is 0. The summed E-state index contributed by atoms with van der Waals surface area (Å²) in [4.78, 5) is 12.5. The molecule has 1 saturated carbocycles.